The van der Waals surface area contributed by atoms with Crippen LogP contribution in [0.25, 0.3) is 0 Å². The molecule has 2 heterocycles. The van der Waals surface area contributed by atoms with Gasteiger partial charge in [0.05, 0.1) is 0 Å². The highest BCUT2D eigenvalue weighted by atomic mass is 16.5. The predicted octanol–water partition coefficient (Wildman–Crippen LogP) is 2.90. The highest BCUT2D eigenvalue weighted by Crippen LogP contribution is 2.20. The van der Waals surface area contributed by atoms with E-state index in [4.69, 9.17) is 4.74 Å². The number of carbonyl (C=O) groups excluding carboxylic acids is 2. The fourth-order valence-corrected chi connectivity index (χ4v) is 2.76. The number of ketones is 1. The van der Waals surface area contributed by atoms with E-state index in [0.29, 0.717) is 24.3 Å². The van der Waals surface area contributed by atoms with Crippen molar-refractivity contribution < 1.29 is 14.3 Å². The number of likely N-dealkylation sites (tertiary alicyclic amines) is 1. The highest BCUT2D eigenvalue weighted by Gasteiger charge is 2.25. The largest absolute Gasteiger partial charge is 0.490 e. The van der Waals surface area contributed by atoms with Gasteiger partial charge in [0, 0.05) is 37.7 Å². The van der Waals surface area contributed by atoms with Gasteiger partial charge in [-0.05, 0) is 25.1 Å². The third-order valence-electron chi connectivity index (χ3n) is 4.10. The molecule has 1 fully saturated rings. The lowest BCUT2D eigenvalue weighted by Gasteiger charge is -2.32. The van der Waals surface area contributed by atoms with Crippen LogP contribution in [0.4, 0.5) is 0 Å². The lowest BCUT2D eigenvalue weighted by atomic mass is 10.1. The van der Waals surface area contributed by atoms with E-state index in [0.717, 1.165) is 18.6 Å². The minimum absolute atomic E-state index is 0.0460. The quantitative estimate of drug-likeness (QED) is 0.883. The van der Waals surface area contributed by atoms with Crippen molar-refractivity contribution in [3.63, 3.8) is 0 Å². The molecule has 0 atom stereocenters. The third kappa shape index (κ3) is 3.62. The first-order chi connectivity index (χ1) is 11.1. The number of H-pyrrole nitrogens is 1. The zero-order chi connectivity index (χ0) is 16.2. The number of rotatable bonds is 4. The molecule has 0 saturated carbocycles. The summed E-state index contributed by atoms with van der Waals surface area (Å²) in [5, 5.41) is 0. The first-order valence-corrected chi connectivity index (χ1v) is 7.84. The van der Waals surface area contributed by atoms with Gasteiger partial charge in [-0.1, -0.05) is 18.2 Å². The summed E-state index contributed by atoms with van der Waals surface area (Å²) in [4.78, 5) is 28.5. The predicted molar refractivity (Wildman–Crippen MR) is 86.8 cm³/mol. The second kappa shape index (κ2) is 6.69. The number of nitrogens with zero attached hydrogens (tertiary/aromatic N) is 1. The molecular formula is C18H20N2O3. The maximum absolute atomic E-state index is 12.4. The Bertz CT molecular complexity index is 685. The van der Waals surface area contributed by atoms with Gasteiger partial charge in [0.2, 0.25) is 0 Å². The van der Waals surface area contributed by atoms with Crippen LogP contribution in [0.2, 0.25) is 0 Å². The SMILES string of the molecule is CC(=O)c1c[nH]c(C(=O)N2CCC(Oc3ccccc3)CC2)c1. The van der Waals surface area contributed by atoms with Crippen molar-refractivity contribution in [1.29, 1.82) is 0 Å². The normalized spacial score (nSPS) is 15.4. The van der Waals surface area contributed by atoms with E-state index in [1.165, 1.54) is 6.92 Å². The molecule has 2 aromatic rings. The van der Waals surface area contributed by atoms with Crippen molar-refractivity contribution in [2.45, 2.75) is 25.9 Å². The molecule has 0 spiro atoms. The minimum Gasteiger partial charge on any atom is -0.490 e. The Hall–Kier alpha value is -2.56. The van der Waals surface area contributed by atoms with Crippen molar-refractivity contribution in [1.82, 2.24) is 9.88 Å². The maximum Gasteiger partial charge on any atom is 0.270 e. The van der Waals surface area contributed by atoms with Gasteiger partial charge in [0.25, 0.3) is 5.91 Å². The monoisotopic (exact) mass is 312 g/mol. The Kier molecular flexibility index (Phi) is 4.46. The van der Waals surface area contributed by atoms with Crippen LogP contribution >= 0.6 is 0 Å². The van der Waals surface area contributed by atoms with E-state index in [9.17, 15) is 9.59 Å². The number of carbonyl (C=O) groups is 2. The fraction of sp³-hybridized carbons (Fsp3) is 0.333. The summed E-state index contributed by atoms with van der Waals surface area (Å²) in [6.07, 6.45) is 3.33. The van der Waals surface area contributed by atoms with Crippen molar-refractivity contribution in [2.24, 2.45) is 0 Å². The van der Waals surface area contributed by atoms with Gasteiger partial charge in [0.15, 0.2) is 5.78 Å². The number of hydrogen-bond acceptors (Lipinski definition) is 3. The number of ether oxygens (including phenoxy) is 1. The van der Waals surface area contributed by atoms with E-state index < -0.39 is 0 Å². The summed E-state index contributed by atoms with van der Waals surface area (Å²) < 4.78 is 5.93. The Morgan fingerprint density at radius 3 is 2.48 bits per heavy atom. The van der Waals surface area contributed by atoms with Crippen LogP contribution in [-0.4, -0.2) is 40.8 Å². The topological polar surface area (TPSA) is 62.4 Å². The van der Waals surface area contributed by atoms with Crippen LogP contribution in [0.5, 0.6) is 5.75 Å². The first-order valence-electron chi connectivity index (χ1n) is 7.84. The molecule has 23 heavy (non-hydrogen) atoms. The zero-order valence-corrected chi connectivity index (χ0v) is 13.1. The van der Waals surface area contributed by atoms with Crippen LogP contribution in [0.15, 0.2) is 42.6 Å². The number of aromatic nitrogens is 1. The van der Waals surface area contributed by atoms with Crippen molar-refractivity contribution in [3.8, 4) is 5.75 Å². The molecule has 5 heteroatoms. The lowest BCUT2D eigenvalue weighted by molar-refractivity contribution is 0.0591. The number of piperidine rings is 1. The van der Waals surface area contributed by atoms with Crippen LogP contribution < -0.4 is 4.74 Å². The molecule has 1 aromatic heterocycles. The van der Waals surface area contributed by atoms with Crippen LogP contribution in [0.1, 0.15) is 40.6 Å². The molecule has 0 bridgehead atoms. The summed E-state index contributed by atoms with van der Waals surface area (Å²) in [5.74, 6) is 0.763. The van der Waals surface area contributed by atoms with Gasteiger partial charge < -0.3 is 14.6 Å². The maximum atomic E-state index is 12.4. The second-order valence-electron chi connectivity index (χ2n) is 5.78. The molecule has 120 valence electrons. The summed E-state index contributed by atoms with van der Waals surface area (Å²) in [7, 11) is 0. The molecule has 0 unspecified atom stereocenters. The summed E-state index contributed by atoms with van der Waals surface area (Å²) >= 11 is 0. The van der Waals surface area contributed by atoms with Gasteiger partial charge >= 0.3 is 0 Å². The van der Waals surface area contributed by atoms with Gasteiger partial charge in [0.1, 0.15) is 17.5 Å². The van der Waals surface area contributed by atoms with E-state index in [1.54, 1.807) is 17.2 Å². The summed E-state index contributed by atoms with van der Waals surface area (Å²) in [6.45, 7) is 2.80. The smallest absolute Gasteiger partial charge is 0.270 e. The summed E-state index contributed by atoms with van der Waals surface area (Å²) in [6, 6.07) is 11.4. The molecule has 1 saturated heterocycles. The Labute approximate surface area is 135 Å². The standard InChI is InChI=1S/C18H20N2O3/c1-13(21)14-11-17(19-12-14)18(22)20-9-7-16(8-10-20)23-15-5-3-2-4-6-15/h2-6,11-12,16,19H,7-10H2,1H3. The molecule has 5 nitrogen and oxygen atoms in total. The number of hydrogen-bond donors (Lipinski definition) is 1. The molecule has 1 aliphatic heterocycles. The second-order valence-corrected chi connectivity index (χ2v) is 5.78. The number of Topliss-reactive ketones (excluding diaryl/α,β-unsaturated/α-hetero) is 1. The average Bonchev–Trinajstić information content (AvgIpc) is 3.06. The van der Waals surface area contributed by atoms with Gasteiger partial charge in [-0.25, -0.2) is 0 Å². The molecule has 1 aromatic carbocycles. The fourth-order valence-electron chi connectivity index (χ4n) is 2.76. The molecule has 0 radical (unpaired) electrons. The van der Waals surface area contributed by atoms with Crippen LogP contribution in [0, 0.1) is 0 Å². The number of nitrogens with one attached hydrogen (secondary N) is 1. The lowest BCUT2D eigenvalue weighted by Crippen LogP contribution is -2.41. The van der Waals surface area contributed by atoms with Gasteiger partial charge in [-0.3, -0.25) is 9.59 Å². The molecule has 1 N–H and O–H groups in total. The van der Waals surface area contributed by atoms with Crippen molar-refractivity contribution >= 4 is 11.7 Å². The zero-order valence-electron chi connectivity index (χ0n) is 13.1. The van der Waals surface area contributed by atoms with E-state index in [2.05, 4.69) is 4.98 Å². The summed E-state index contributed by atoms with van der Waals surface area (Å²) in [5.41, 5.74) is 1.01. The van der Waals surface area contributed by atoms with Gasteiger partial charge in [-0.15, -0.1) is 0 Å². The number of amides is 1. The average molecular weight is 312 g/mol. The van der Waals surface area contributed by atoms with Gasteiger partial charge in [-0.2, -0.15) is 0 Å². The van der Waals surface area contributed by atoms with Crippen LogP contribution in [-0.2, 0) is 0 Å². The molecule has 0 aliphatic carbocycles. The molecule has 1 amide bonds. The first kappa shape index (κ1) is 15.3. The highest BCUT2D eigenvalue weighted by molar-refractivity contribution is 5.99. The van der Waals surface area contributed by atoms with E-state index in [1.807, 2.05) is 30.3 Å². The molecular weight excluding hydrogens is 292 g/mol. The van der Waals surface area contributed by atoms with Crippen molar-refractivity contribution in [3.05, 3.63) is 53.9 Å². The number of benzene rings is 1. The Morgan fingerprint density at radius 1 is 1.17 bits per heavy atom. The number of para-hydroxylation sites is 1. The van der Waals surface area contributed by atoms with Crippen molar-refractivity contribution in [2.75, 3.05) is 13.1 Å². The Balaban J connectivity index is 1.55. The third-order valence-corrected chi connectivity index (χ3v) is 4.10. The van der Waals surface area contributed by atoms with E-state index >= 15 is 0 Å². The van der Waals surface area contributed by atoms with E-state index in [-0.39, 0.29) is 17.8 Å². The molecule has 3 rings (SSSR count). The minimum atomic E-state index is -0.0596. The molecule has 1 aliphatic rings. The van der Waals surface area contributed by atoms with Crippen LogP contribution in [0.3, 0.4) is 0 Å². The number of aromatic amines is 1. The Morgan fingerprint density at radius 2 is 1.87 bits per heavy atom.